The summed E-state index contributed by atoms with van der Waals surface area (Å²) in [6.45, 7) is 2.27. The van der Waals surface area contributed by atoms with Gasteiger partial charge in [-0.3, -0.25) is 4.79 Å². The third-order valence-electron chi connectivity index (χ3n) is 5.50. The van der Waals surface area contributed by atoms with Gasteiger partial charge >= 0.3 is 5.97 Å². The predicted molar refractivity (Wildman–Crippen MR) is 76.8 cm³/mol. The van der Waals surface area contributed by atoms with E-state index in [2.05, 4.69) is 6.92 Å². The molecule has 2 aliphatic carbocycles. The van der Waals surface area contributed by atoms with E-state index >= 15 is 0 Å². The molecule has 2 rings (SSSR count). The highest BCUT2D eigenvalue weighted by Crippen LogP contribution is 2.41. The van der Waals surface area contributed by atoms with E-state index < -0.39 is 5.97 Å². The van der Waals surface area contributed by atoms with E-state index in [9.17, 15) is 4.79 Å². The van der Waals surface area contributed by atoms with Gasteiger partial charge in [0.2, 0.25) is 0 Å². The molecule has 0 aromatic carbocycles. The van der Waals surface area contributed by atoms with Gasteiger partial charge < -0.3 is 10.8 Å². The van der Waals surface area contributed by atoms with Gasteiger partial charge in [0.25, 0.3) is 0 Å². The molecule has 2 saturated carbocycles. The molecule has 0 aromatic heterocycles. The Labute approximate surface area is 116 Å². The van der Waals surface area contributed by atoms with Crippen molar-refractivity contribution in [3.05, 3.63) is 0 Å². The van der Waals surface area contributed by atoms with Gasteiger partial charge in [0.05, 0.1) is 5.92 Å². The second-order valence-corrected chi connectivity index (χ2v) is 6.75. The van der Waals surface area contributed by atoms with Gasteiger partial charge in [0.15, 0.2) is 0 Å². The van der Waals surface area contributed by atoms with Gasteiger partial charge in [-0.2, -0.15) is 0 Å². The molecule has 0 spiro atoms. The number of aliphatic carboxylic acids is 1. The van der Waals surface area contributed by atoms with E-state index in [0.29, 0.717) is 12.3 Å². The number of rotatable bonds is 4. The lowest BCUT2D eigenvalue weighted by atomic mass is 9.67. The molecule has 0 bridgehead atoms. The van der Waals surface area contributed by atoms with Crippen molar-refractivity contribution >= 4 is 5.97 Å². The molecule has 0 aromatic rings. The molecule has 3 heteroatoms. The van der Waals surface area contributed by atoms with Crippen molar-refractivity contribution in [1.82, 2.24) is 0 Å². The van der Waals surface area contributed by atoms with Crippen LogP contribution >= 0.6 is 0 Å². The lowest BCUT2D eigenvalue weighted by molar-refractivity contribution is -0.143. The molecule has 3 unspecified atom stereocenters. The quantitative estimate of drug-likeness (QED) is 0.820. The maximum absolute atomic E-state index is 11.0. The maximum atomic E-state index is 11.0. The fraction of sp³-hybridized carbons (Fsp3) is 0.938. The summed E-state index contributed by atoms with van der Waals surface area (Å²) in [5, 5.41) is 9.09. The first-order chi connectivity index (χ1) is 9.11. The Balaban J connectivity index is 1.82. The van der Waals surface area contributed by atoms with Crippen LogP contribution in [0.25, 0.3) is 0 Å². The smallest absolute Gasteiger partial charge is 0.306 e. The fourth-order valence-corrected chi connectivity index (χ4v) is 4.35. The lowest BCUT2D eigenvalue weighted by Crippen LogP contribution is -2.43. The van der Waals surface area contributed by atoms with Gasteiger partial charge in [-0.15, -0.1) is 0 Å². The van der Waals surface area contributed by atoms with E-state index in [4.69, 9.17) is 10.8 Å². The Bertz CT molecular complexity index is 297. The number of carboxylic acids is 1. The third-order valence-corrected chi connectivity index (χ3v) is 5.50. The van der Waals surface area contributed by atoms with Crippen molar-refractivity contribution in [2.24, 2.45) is 29.4 Å². The third kappa shape index (κ3) is 3.71. The molecule has 3 nitrogen and oxygen atoms in total. The number of carbonyl (C=O) groups is 1. The molecule has 3 atom stereocenters. The van der Waals surface area contributed by atoms with Crippen molar-refractivity contribution in [1.29, 1.82) is 0 Å². The summed E-state index contributed by atoms with van der Waals surface area (Å²) in [7, 11) is 0. The average molecular weight is 267 g/mol. The van der Waals surface area contributed by atoms with E-state index in [-0.39, 0.29) is 12.0 Å². The summed E-state index contributed by atoms with van der Waals surface area (Å²) in [6.07, 6.45) is 10.6. The molecule has 2 fully saturated rings. The summed E-state index contributed by atoms with van der Waals surface area (Å²) in [5.41, 5.74) is 6.27. The number of hydrogen-bond donors (Lipinski definition) is 2. The first-order valence-electron chi connectivity index (χ1n) is 8.10. The normalized spacial score (nSPS) is 40.0. The fourth-order valence-electron chi connectivity index (χ4n) is 4.35. The van der Waals surface area contributed by atoms with E-state index in [1.165, 1.54) is 38.5 Å². The van der Waals surface area contributed by atoms with Crippen molar-refractivity contribution in [2.45, 2.75) is 70.8 Å². The first-order valence-corrected chi connectivity index (χ1v) is 8.10. The number of carboxylic acid groups (broad SMARTS) is 1. The Morgan fingerprint density at radius 3 is 2.37 bits per heavy atom. The molecule has 110 valence electrons. The second-order valence-electron chi connectivity index (χ2n) is 6.75. The van der Waals surface area contributed by atoms with Crippen molar-refractivity contribution in [3.8, 4) is 0 Å². The Hall–Kier alpha value is -0.570. The van der Waals surface area contributed by atoms with Crippen LogP contribution in [0.4, 0.5) is 0 Å². The van der Waals surface area contributed by atoms with Crippen LogP contribution in [0.1, 0.15) is 64.7 Å². The van der Waals surface area contributed by atoms with Crippen LogP contribution < -0.4 is 5.73 Å². The molecular formula is C16H29NO2. The Morgan fingerprint density at radius 2 is 1.84 bits per heavy atom. The molecular weight excluding hydrogens is 238 g/mol. The van der Waals surface area contributed by atoms with Crippen LogP contribution in [0.3, 0.4) is 0 Å². The minimum atomic E-state index is -0.652. The monoisotopic (exact) mass is 267 g/mol. The minimum Gasteiger partial charge on any atom is -0.481 e. The summed E-state index contributed by atoms with van der Waals surface area (Å²) < 4.78 is 0. The van der Waals surface area contributed by atoms with Crippen LogP contribution in [-0.2, 0) is 4.79 Å². The summed E-state index contributed by atoms with van der Waals surface area (Å²) >= 11 is 0. The van der Waals surface area contributed by atoms with Crippen molar-refractivity contribution in [3.63, 3.8) is 0 Å². The molecule has 0 amide bonds. The van der Waals surface area contributed by atoms with Crippen LogP contribution in [-0.4, -0.2) is 17.1 Å². The van der Waals surface area contributed by atoms with Gasteiger partial charge in [0.1, 0.15) is 0 Å². The molecule has 0 heterocycles. The zero-order valence-electron chi connectivity index (χ0n) is 12.2. The second kappa shape index (κ2) is 6.74. The first kappa shape index (κ1) is 14.8. The minimum absolute atomic E-state index is 0.113. The van der Waals surface area contributed by atoms with Crippen LogP contribution in [0.15, 0.2) is 0 Å². The average Bonchev–Trinajstić information content (AvgIpc) is 2.40. The van der Waals surface area contributed by atoms with Crippen LogP contribution in [0.5, 0.6) is 0 Å². The Morgan fingerprint density at radius 1 is 1.16 bits per heavy atom. The molecule has 0 saturated heterocycles. The molecule has 2 aliphatic rings. The summed E-state index contributed by atoms with van der Waals surface area (Å²) in [4.78, 5) is 11.0. The van der Waals surface area contributed by atoms with Gasteiger partial charge in [-0.25, -0.2) is 0 Å². The predicted octanol–water partition coefficient (Wildman–Crippen LogP) is 3.42. The van der Waals surface area contributed by atoms with Gasteiger partial charge in [-0.05, 0) is 49.9 Å². The summed E-state index contributed by atoms with van der Waals surface area (Å²) in [6, 6.07) is 0.113. The van der Waals surface area contributed by atoms with E-state index in [0.717, 1.165) is 24.7 Å². The summed E-state index contributed by atoms with van der Waals surface area (Å²) in [5.74, 6) is 1.44. The Kier molecular flexibility index (Phi) is 5.26. The highest BCUT2D eigenvalue weighted by Gasteiger charge is 2.37. The van der Waals surface area contributed by atoms with Gasteiger partial charge in [0, 0.05) is 6.04 Å². The SMILES string of the molecule is CCCC1CCC(C2CCC(C(=O)O)CC2N)CC1. The van der Waals surface area contributed by atoms with E-state index in [1.54, 1.807) is 0 Å². The highest BCUT2D eigenvalue weighted by molar-refractivity contribution is 5.70. The van der Waals surface area contributed by atoms with Crippen molar-refractivity contribution in [2.75, 3.05) is 0 Å². The van der Waals surface area contributed by atoms with Gasteiger partial charge in [-0.1, -0.05) is 32.6 Å². The largest absolute Gasteiger partial charge is 0.481 e. The molecule has 0 radical (unpaired) electrons. The molecule has 19 heavy (non-hydrogen) atoms. The standard InChI is InChI=1S/C16H29NO2/c1-2-3-11-4-6-12(7-5-11)14-9-8-13(16(18)19)10-15(14)17/h11-15H,2-10,17H2,1H3,(H,18,19). The number of hydrogen-bond acceptors (Lipinski definition) is 2. The number of nitrogens with two attached hydrogens (primary N) is 1. The maximum Gasteiger partial charge on any atom is 0.306 e. The van der Waals surface area contributed by atoms with Crippen LogP contribution in [0, 0.1) is 23.7 Å². The molecule has 3 N–H and O–H groups in total. The van der Waals surface area contributed by atoms with E-state index in [1.807, 2.05) is 0 Å². The molecule has 0 aliphatic heterocycles. The highest BCUT2D eigenvalue weighted by atomic mass is 16.4. The zero-order chi connectivity index (χ0) is 13.8. The lowest BCUT2D eigenvalue weighted by Gasteiger charge is -2.40. The van der Waals surface area contributed by atoms with Crippen LogP contribution in [0.2, 0.25) is 0 Å². The van der Waals surface area contributed by atoms with Crippen molar-refractivity contribution < 1.29 is 9.90 Å². The topological polar surface area (TPSA) is 63.3 Å². The zero-order valence-corrected chi connectivity index (χ0v) is 12.2.